The number of carbonyl (C=O) groups excluding carboxylic acids is 1. The molecule has 0 spiro atoms. The van der Waals surface area contributed by atoms with Gasteiger partial charge in [0.15, 0.2) is 0 Å². The van der Waals surface area contributed by atoms with Gasteiger partial charge in [0.1, 0.15) is 0 Å². The van der Waals surface area contributed by atoms with Crippen LogP contribution in [-0.4, -0.2) is 23.5 Å². The number of hydrogen-bond donors (Lipinski definition) is 2. The SMILES string of the molecule is O=C(O)CCCCCCNC(=O)c1ccc(Cl)cc1. The second-order valence-corrected chi connectivity index (χ2v) is 4.76. The van der Waals surface area contributed by atoms with Gasteiger partial charge in [-0.25, -0.2) is 0 Å². The molecule has 0 aliphatic heterocycles. The summed E-state index contributed by atoms with van der Waals surface area (Å²) in [6.07, 6.45) is 3.58. The number of carbonyl (C=O) groups is 2. The molecule has 1 aromatic rings. The van der Waals surface area contributed by atoms with Gasteiger partial charge in [-0.2, -0.15) is 0 Å². The van der Waals surface area contributed by atoms with Crippen molar-refractivity contribution in [1.82, 2.24) is 5.32 Å². The lowest BCUT2D eigenvalue weighted by atomic mass is 10.1. The van der Waals surface area contributed by atoms with E-state index in [1.807, 2.05) is 0 Å². The molecule has 0 unspecified atom stereocenters. The summed E-state index contributed by atoms with van der Waals surface area (Å²) in [6, 6.07) is 6.74. The molecule has 0 bridgehead atoms. The predicted molar refractivity (Wildman–Crippen MR) is 74.5 cm³/mol. The van der Waals surface area contributed by atoms with Crippen LogP contribution in [0, 0.1) is 0 Å². The molecule has 5 heteroatoms. The number of carboxylic acids is 1. The van der Waals surface area contributed by atoms with Gasteiger partial charge in [-0.05, 0) is 37.1 Å². The standard InChI is InChI=1S/C14H18ClNO3/c15-12-8-6-11(7-9-12)14(19)16-10-4-2-1-3-5-13(17)18/h6-9H,1-5,10H2,(H,16,19)(H,17,18). The van der Waals surface area contributed by atoms with Crippen LogP contribution in [0.25, 0.3) is 0 Å². The number of unbranched alkanes of at least 4 members (excludes halogenated alkanes) is 3. The van der Waals surface area contributed by atoms with E-state index >= 15 is 0 Å². The largest absolute Gasteiger partial charge is 0.481 e. The molecule has 2 N–H and O–H groups in total. The Kier molecular flexibility index (Phi) is 6.97. The summed E-state index contributed by atoms with van der Waals surface area (Å²) < 4.78 is 0. The summed E-state index contributed by atoms with van der Waals surface area (Å²) in [4.78, 5) is 22.0. The fraction of sp³-hybridized carbons (Fsp3) is 0.429. The molecule has 1 amide bonds. The zero-order valence-electron chi connectivity index (χ0n) is 10.7. The van der Waals surface area contributed by atoms with Gasteiger partial charge in [0.25, 0.3) is 5.91 Å². The van der Waals surface area contributed by atoms with Gasteiger partial charge in [0.05, 0.1) is 0 Å². The third-order valence-electron chi connectivity index (χ3n) is 2.71. The van der Waals surface area contributed by atoms with E-state index in [0.29, 0.717) is 23.6 Å². The molecule has 0 fully saturated rings. The second-order valence-electron chi connectivity index (χ2n) is 4.32. The topological polar surface area (TPSA) is 66.4 Å². The lowest BCUT2D eigenvalue weighted by Crippen LogP contribution is -2.24. The first-order chi connectivity index (χ1) is 9.09. The van der Waals surface area contributed by atoms with Crippen molar-refractivity contribution >= 4 is 23.5 Å². The Hall–Kier alpha value is -1.55. The molecule has 4 nitrogen and oxygen atoms in total. The Labute approximate surface area is 117 Å². The summed E-state index contributed by atoms with van der Waals surface area (Å²) in [5.41, 5.74) is 0.593. The normalized spacial score (nSPS) is 10.2. The van der Waals surface area contributed by atoms with E-state index in [4.69, 9.17) is 16.7 Å². The van der Waals surface area contributed by atoms with Crippen LogP contribution in [0.1, 0.15) is 42.5 Å². The molecule has 104 valence electrons. The van der Waals surface area contributed by atoms with Crippen molar-refractivity contribution in [2.24, 2.45) is 0 Å². The van der Waals surface area contributed by atoms with Gasteiger partial charge in [0, 0.05) is 23.6 Å². The second kappa shape index (κ2) is 8.53. The summed E-state index contributed by atoms with van der Waals surface area (Å²) >= 11 is 5.74. The van der Waals surface area contributed by atoms with Gasteiger partial charge < -0.3 is 10.4 Å². The van der Waals surface area contributed by atoms with Crippen LogP contribution in [0.15, 0.2) is 24.3 Å². The molecule has 0 saturated carbocycles. The van der Waals surface area contributed by atoms with Gasteiger partial charge in [-0.1, -0.05) is 24.4 Å². The number of aliphatic carboxylic acids is 1. The first-order valence-electron chi connectivity index (χ1n) is 6.35. The number of carboxylic acid groups (broad SMARTS) is 1. The Morgan fingerprint density at radius 1 is 1.05 bits per heavy atom. The van der Waals surface area contributed by atoms with E-state index in [1.165, 1.54) is 0 Å². The Balaban J connectivity index is 2.11. The Bertz CT molecular complexity index is 417. The van der Waals surface area contributed by atoms with E-state index in [1.54, 1.807) is 24.3 Å². The highest BCUT2D eigenvalue weighted by Crippen LogP contribution is 2.09. The van der Waals surface area contributed by atoms with Crippen LogP contribution >= 0.6 is 11.6 Å². The summed E-state index contributed by atoms with van der Waals surface area (Å²) in [5, 5.41) is 11.9. The minimum Gasteiger partial charge on any atom is -0.481 e. The first kappa shape index (κ1) is 15.5. The molecule has 0 aromatic heterocycles. The Morgan fingerprint density at radius 2 is 1.68 bits per heavy atom. The third-order valence-corrected chi connectivity index (χ3v) is 2.96. The molecule has 0 heterocycles. The van der Waals surface area contributed by atoms with Crippen molar-refractivity contribution in [3.05, 3.63) is 34.9 Å². The van der Waals surface area contributed by atoms with E-state index in [2.05, 4.69) is 5.32 Å². The number of amides is 1. The van der Waals surface area contributed by atoms with Crippen LogP contribution in [0.3, 0.4) is 0 Å². The fourth-order valence-electron chi connectivity index (χ4n) is 1.66. The predicted octanol–water partition coefficient (Wildman–Crippen LogP) is 3.10. The zero-order chi connectivity index (χ0) is 14.1. The maximum absolute atomic E-state index is 11.7. The highest BCUT2D eigenvalue weighted by atomic mass is 35.5. The van der Waals surface area contributed by atoms with Crippen molar-refractivity contribution in [2.45, 2.75) is 32.1 Å². The van der Waals surface area contributed by atoms with Crippen LogP contribution < -0.4 is 5.32 Å². The molecular weight excluding hydrogens is 266 g/mol. The van der Waals surface area contributed by atoms with E-state index < -0.39 is 5.97 Å². The maximum Gasteiger partial charge on any atom is 0.303 e. The average molecular weight is 284 g/mol. The van der Waals surface area contributed by atoms with Crippen molar-refractivity contribution in [1.29, 1.82) is 0 Å². The van der Waals surface area contributed by atoms with Crippen molar-refractivity contribution in [2.75, 3.05) is 6.54 Å². The zero-order valence-corrected chi connectivity index (χ0v) is 11.4. The van der Waals surface area contributed by atoms with Crippen LogP contribution in [-0.2, 0) is 4.79 Å². The molecule has 0 aliphatic carbocycles. The minimum absolute atomic E-state index is 0.109. The molecule has 19 heavy (non-hydrogen) atoms. The van der Waals surface area contributed by atoms with Gasteiger partial charge in [-0.15, -0.1) is 0 Å². The molecule has 1 aromatic carbocycles. The fourth-order valence-corrected chi connectivity index (χ4v) is 1.79. The van der Waals surface area contributed by atoms with Gasteiger partial charge >= 0.3 is 5.97 Å². The van der Waals surface area contributed by atoms with Crippen molar-refractivity contribution < 1.29 is 14.7 Å². The summed E-state index contributed by atoms with van der Waals surface area (Å²) in [7, 11) is 0. The number of nitrogens with one attached hydrogen (secondary N) is 1. The van der Waals surface area contributed by atoms with Crippen LogP contribution in [0.5, 0.6) is 0 Å². The quantitative estimate of drug-likeness (QED) is 0.721. The van der Waals surface area contributed by atoms with Crippen LogP contribution in [0.2, 0.25) is 5.02 Å². The molecule has 1 rings (SSSR count). The van der Waals surface area contributed by atoms with Crippen LogP contribution in [0.4, 0.5) is 0 Å². The summed E-state index contributed by atoms with van der Waals surface area (Å²) in [6.45, 7) is 0.606. The van der Waals surface area contributed by atoms with E-state index in [9.17, 15) is 9.59 Å². The van der Waals surface area contributed by atoms with Crippen molar-refractivity contribution in [3.8, 4) is 0 Å². The smallest absolute Gasteiger partial charge is 0.303 e. The average Bonchev–Trinajstić information content (AvgIpc) is 2.38. The molecule has 0 radical (unpaired) electrons. The highest BCUT2D eigenvalue weighted by Gasteiger charge is 2.03. The molecule has 0 aliphatic rings. The number of benzene rings is 1. The van der Waals surface area contributed by atoms with E-state index in [0.717, 1.165) is 19.3 Å². The number of hydrogen-bond acceptors (Lipinski definition) is 2. The lowest BCUT2D eigenvalue weighted by Gasteiger charge is -2.05. The number of rotatable bonds is 8. The van der Waals surface area contributed by atoms with Gasteiger partial charge in [0.2, 0.25) is 0 Å². The lowest BCUT2D eigenvalue weighted by molar-refractivity contribution is -0.137. The van der Waals surface area contributed by atoms with E-state index in [-0.39, 0.29) is 12.3 Å². The summed E-state index contributed by atoms with van der Waals surface area (Å²) in [5.74, 6) is -0.863. The number of halogens is 1. The highest BCUT2D eigenvalue weighted by molar-refractivity contribution is 6.30. The molecule has 0 atom stereocenters. The maximum atomic E-state index is 11.7. The Morgan fingerprint density at radius 3 is 2.32 bits per heavy atom. The molecule has 0 saturated heterocycles. The van der Waals surface area contributed by atoms with Crippen molar-refractivity contribution in [3.63, 3.8) is 0 Å². The third kappa shape index (κ3) is 6.82. The van der Waals surface area contributed by atoms with Gasteiger partial charge in [-0.3, -0.25) is 9.59 Å². The first-order valence-corrected chi connectivity index (χ1v) is 6.73. The molecular formula is C14H18ClNO3. The minimum atomic E-state index is -0.754. The monoisotopic (exact) mass is 283 g/mol.